The number of ether oxygens (including phenoxy) is 1. The Bertz CT molecular complexity index is 278. The molecule has 0 bridgehead atoms. The maximum Gasteiger partial charge on any atom is 0.121 e. The molecular weight excluding hydrogens is 255 g/mol. The van der Waals surface area contributed by atoms with Crippen molar-refractivity contribution in [3.63, 3.8) is 0 Å². The van der Waals surface area contributed by atoms with E-state index in [9.17, 15) is 5.11 Å². The van der Waals surface area contributed by atoms with Crippen LogP contribution in [0, 0.1) is 0 Å². The van der Waals surface area contributed by atoms with E-state index in [1.54, 1.807) is 12.1 Å². The normalized spacial score (nSPS) is 10.3. The summed E-state index contributed by atoms with van der Waals surface area (Å²) < 4.78 is 6.12. The van der Waals surface area contributed by atoms with Crippen molar-refractivity contribution in [3.05, 3.63) is 28.2 Å². The average Bonchev–Trinajstić information content (AvgIpc) is 2.11. The molecule has 0 atom stereocenters. The van der Waals surface area contributed by atoms with Crippen LogP contribution < -0.4 is 0 Å². The van der Waals surface area contributed by atoms with Crippen LogP contribution in [-0.4, -0.2) is 17.6 Å². The highest BCUT2D eigenvalue weighted by Crippen LogP contribution is 2.22. The molecule has 0 aliphatic carbocycles. The highest BCUT2D eigenvalue weighted by molar-refractivity contribution is 9.10. The molecule has 4 heteroatoms. The molecule has 72 valence electrons. The number of rotatable bonds is 4. The molecule has 1 aromatic rings. The van der Waals surface area contributed by atoms with E-state index in [-0.39, 0.29) is 5.75 Å². The van der Waals surface area contributed by atoms with Gasteiger partial charge in [-0.2, -0.15) is 0 Å². The zero-order valence-corrected chi connectivity index (χ0v) is 9.31. The van der Waals surface area contributed by atoms with Crippen LogP contribution in [0.1, 0.15) is 5.56 Å². The van der Waals surface area contributed by atoms with Crippen LogP contribution in [0.4, 0.5) is 0 Å². The first-order valence-electron chi connectivity index (χ1n) is 3.85. The van der Waals surface area contributed by atoms with Gasteiger partial charge in [0.05, 0.1) is 13.2 Å². The number of hydrogen-bond acceptors (Lipinski definition) is 2. The van der Waals surface area contributed by atoms with Crippen LogP contribution in [-0.2, 0) is 11.3 Å². The molecule has 1 N–H and O–H groups in total. The Hall–Kier alpha value is -0.250. The van der Waals surface area contributed by atoms with Crippen LogP contribution in [0.3, 0.4) is 0 Å². The Labute approximate surface area is 90.6 Å². The first-order valence-corrected chi connectivity index (χ1v) is 5.18. The fraction of sp³-hybridized carbons (Fsp3) is 0.333. The van der Waals surface area contributed by atoms with E-state index < -0.39 is 0 Å². The number of phenols is 1. The van der Waals surface area contributed by atoms with Gasteiger partial charge in [0.25, 0.3) is 0 Å². The molecule has 0 radical (unpaired) electrons. The number of halogens is 2. The van der Waals surface area contributed by atoms with E-state index in [1.807, 2.05) is 6.07 Å². The lowest BCUT2D eigenvalue weighted by molar-refractivity contribution is 0.134. The van der Waals surface area contributed by atoms with Crippen LogP contribution in [0.5, 0.6) is 5.75 Å². The quantitative estimate of drug-likeness (QED) is 0.670. The van der Waals surface area contributed by atoms with E-state index in [4.69, 9.17) is 16.3 Å². The fourth-order valence-electron chi connectivity index (χ4n) is 0.906. The number of benzene rings is 1. The summed E-state index contributed by atoms with van der Waals surface area (Å²) in [5.74, 6) is 0.715. The minimum absolute atomic E-state index is 0.248. The van der Waals surface area contributed by atoms with E-state index in [2.05, 4.69) is 15.9 Å². The van der Waals surface area contributed by atoms with Crippen LogP contribution in [0.2, 0.25) is 0 Å². The number of hydrogen-bond donors (Lipinski definition) is 1. The summed E-state index contributed by atoms with van der Waals surface area (Å²) in [6.07, 6.45) is 0. The van der Waals surface area contributed by atoms with Gasteiger partial charge in [-0.15, -0.1) is 11.6 Å². The Balaban J connectivity index is 2.59. The van der Waals surface area contributed by atoms with Crippen LogP contribution in [0.15, 0.2) is 22.7 Å². The topological polar surface area (TPSA) is 29.5 Å². The second-order valence-electron chi connectivity index (χ2n) is 2.51. The van der Waals surface area contributed by atoms with Gasteiger partial charge in [-0.1, -0.05) is 15.9 Å². The predicted octanol–water partition coefficient (Wildman–Crippen LogP) is 2.91. The first-order chi connectivity index (χ1) is 6.24. The van der Waals surface area contributed by atoms with Crippen molar-refractivity contribution in [2.75, 3.05) is 12.5 Å². The van der Waals surface area contributed by atoms with Gasteiger partial charge in [0.2, 0.25) is 0 Å². The van der Waals surface area contributed by atoms with Gasteiger partial charge in [0.15, 0.2) is 0 Å². The van der Waals surface area contributed by atoms with Crippen molar-refractivity contribution in [2.24, 2.45) is 0 Å². The number of phenolic OH excluding ortho intramolecular Hbond substituents is 1. The monoisotopic (exact) mass is 264 g/mol. The summed E-state index contributed by atoms with van der Waals surface area (Å²) in [6, 6.07) is 5.23. The molecule has 0 aromatic heterocycles. The molecule has 0 fully saturated rings. The van der Waals surface area contributed by atoms with Crippen molar-refractivity contribution >= 4 is 27.5 Å². The zero-order valence-electron chi connectivity index (χ0n) is 6.96. The van der Waals surface area contributed by atoms with E-state index >= 15 is 0 Å². The van der Waals surface area contributed by atoms with Crippen LogP contribution >= 0.6 is 27.5 Å². The summed E-state index contributed by atoms with van der Waals surface area (Å²) in [5.41, 5.74) is 0.763. The van der Waals surface area contributed by atoms with Gasteiger partial charge in [0.1, 0.15) is 5.75 Å². The van der Waals surface area contributed by atoms with Crippen molar-refractivity contribution in [3.8, 4) is 5.75 Å². The summed E-state index contributed by atoms with van der Waals surface area (Å²) in [6.45, 7) is 0.880. The Morgan fingerprint density at radius 1 is 1.46 bits per heavy atom. The molecule has 0 amide bonds. The zero-order chi connectivity index (χ0) is 9.68. The van der Waals surface area contributed by atoms with Crippen LogP contribution in [0.25, 0.3) is 0 Å². The largest absolute Gasteiger partial charge is 0.508 e. The molecule has 13 heavy (non-hydrogen) atoms. The molecule has 1 aromatic carbocycles. The molecular formula is C9H10BrClO2. The summed E-state index contributed by atoms with van der Waals surface area (Å²) in [7, 11) is 0. The Morgan fingerprint density at radius 3 is 2.92 bits per heavy atom. The van der Waals surface area contributed by atoms with Crippen molar-refractivity contribution in [1.82, 2.24) is 0 Å². The third-order valence-corrected chi connectivity index (χ3v) is 2.17. The van der Waals surface area contributed by atoms with Gasteiger partial charge in [-0.25, -0.2) is 0 Å². The third-order valence-electron chi connectivity index (χ3n) is 1.52. The summed E-state index contributed by atoms with van der Waals surface area (Å²) >= 11 is 8.75. The van der Waals surface area contributed by atoms with E-state index in [0.717, 1.165) is 10.0 Å². The second kappa shape index (κ2) is 5.47. The number of alkyl halides is 1. The van der Waals surface area contributed by atoms with Crippen molar-refractivity contribution in [1.29, 1.82) is 0 Å². The molecule has 0 spiro atoms. The van der Waals surface area contributed by atoms with Crippen molar-refractivity contribution < 1.29 is 9.84 Å². The van der Waals surface area contributed by atoms with Gasteiger partial charge < -0.3 is 9.84 Å². The lowest BCUT2D eigenvalue weighted by Crippen LogP contribution is -1.96. The molecule has 0 unspecified atom stereocenters. The molecule has 2 nitrogen and oxygen atoms in total. The van der Waals surface area contributed by atoms with E-state index in [0.29, 0.717) is 19.1 Å². The molecule has 0 saturated heterocycles. The Morgan fingerprint density at radius 2 is 2.23 bits per heavy atom. The van der Waals surface area contributed by atoms with Gasteiger partial charge >= 0.3 is 0 Å². The maximum atomic E-state index is 9.40. The minimum Gasteiger partial charge on any atom is -0.508 e. The maximum absolute atomic E-state index is 9.40. The lowest BCUT2D eigenvalue weighted by Gasteiger charge is -2.05. The third kappa shape index (κ3) is 3.55. The average molecular weight is 266 g/mol. The smallest absolute Gasteiger partial charge is 0.121 e. The fourth-order valence-corrected chi connectivity index (χ4v) is 1.42. The van der Waals surface area contributed by atoms with Crippen molar-refractivity contribution in [2.45, 2.75) is 6.61 Å². The predicted molar refractivity (Wildman–Crippen MR) is 56.2 cm³/mol. The Kier molecular flexibility index (Phi) is 4.56. The lowest BCUT2D eigenvalue weighted by atomic mass is 10.2. The standard InChI is InChI=1S/C9H10BrClO2/c10-8-1-2-9(12)7(5-8)6-13-4-3-11/h1-2,5,12H,3-4,6H2. The van der Waals surface area contributed by atoms with Gasteiger partial charge in [0, 0.05) is 15.9 Å². The SMILES string of the molecule is Oc1ccc(Br)cc1COCCCl. The molecule has 0 aliphatic heterocycles. The highest BCUT2D eigenvalue weighted by Gasteiger charge is 2.01. The summed E-state index contributed by atoms with van der Waals surface area (Å²) in [4.78, 5) is 0. The molecule has 1 rings (SSSR count). The van der Waals surface area contributed by atoms with Gasteiger partial charge in [-0.05, 0) is 18.2 Å². The second-order valence-corrected chi connectivity index (χ2v) is 3.81. The van der Waals surface area contributed by atoms with Gasteiger partial charge in [-0.3, -0.25) is 0 Å². The minimum atomic E-state index is 0.248. The number of aromatic hydroxyl groups is 1. The highest BCUT2D eigenvalue weighted by atomic mass is 79.9. The molecule has 0 aliphatic rings. The summed E-state index contributed by atoms with van der Waals surface area (Å²) in [5, 5.41) is 9.40. The molecule has 0 heterocycles. The first kappa shape index (κ1) is 10.8. The molecule has 0 saturated carbocycles. The van der Waals surface area contributed by atoms with E-state index in [1.165, 1.54) is 0 Å².